The zero-order valence-electron chi connectivity index (χ0n) is 14.5. The summed E-state index contributed by atoms with van der Waals surface area (Å²) in [4.78, 5) is 18.3. The largest absolute Gasteiger partial charge is 0.478 e. The minimum absolute atomic E-state index is 0.235. The van der Waals surface area contributed by atoms with E-state index in [1.165, 1.54) is 4.88 Å². The number of hydrogen-bond donors (Lipinski definition) is 2. The van der Waals surface area contributed by atoms with E-state index in [0.29, 0.717) is 18.0 Å². The summed E-state index contributed by atoms with van der Waals surface area (Å²) in [5.74, 6) is -0.258. The highest BCUT2D eigenvalue weighted by molar-refractivity contribution is 7.98. The van der Waals surface area contributed by atoms with Crippen molar-refractivity contribution >= 4 is 51.7 Å². The maximum absolute atomic E-state index is 11.3. The van der Waals surface area contributed by atoms with Crippen LogP contribution in [-0.2, 0) is 6.54 Å². The van der Waals surface area contributed by atoms with Crippen molar-refractivity contribution in [1.82, 2.24) is 9.55 Å². The molecule has 0 amide bonds. The first-order chi connectivity index (χ1) is 13.1. The molecule has 0 aliphatic carbocycles. The molecular formula is C20H17N3O2S2. The van der Waals surface area contributed by atoms with Gasteiger partial charge in [-0.15, -0.1) is 23.1 Å². The summed E-state index contributed by atoms with van der Waals surface area (Å²) >= 11 is 3.37. The highest BCUT2D eigenvalue weighted by atomic mass is 32.2. The van der Waals surface area contributed by atoms with Gasteiger partial charge in [0.25, 0.3) is 0 Å². The maximum atomic E-state index is 11.3. The van der Waals surface area contributed by atoms with Crippen LogP contribution in [0.15, 0.2) is 64.9 Å². The molecule has 5 nitrogen and oxygen atoms in total. The van der Waals surface area contributed by atoms with Crippen LogP contribution >= 0.6 is 23.1 Å². The highest BCUT2D eigenvalue weighted by Crippen LogP contribution is 2.27. The van der Waals surface area contributed by atoms with Crippen LogP contribution in [0.5, 0.6) is 0 Å². The van der Waals surface area contributed by atoms with Crippen LogP contribution < -0.4 is 5.32 Å². The van der Waals surface area contributed by atoms with Crippen LogP contribution in [0.3, 0.4) is 0 Å². The van der Waals surface area contributed by atoms with Crippen molar-refractivity contribution < 1.29 is 9.90 Å². The smallest absolute Gasteiger partial charge is 0.335 e. The van der Waals surface area contributed by atoms with E-state index >= 15 is 0 Å². The van der Waals surface area contributed by atoms with E-state index in [2.05, 4.69) is 33.1 Å². The zero-order valence-corrected chi connectivity index (χ0v) is 16.2. The third-order valence-corrected chi connectivity index (χ3v) is 5.80. The molecule has 4 aromatic rings. The molecule has 136 valence electrons. The molecule has 0 unspecified atom stereocenters. The van der Waals surface area contributed by atoms with Crippen molar-refractivity contribution in [3.8, 4) is 0 Å². The van der Waals surface area contributed by atoms with Crippen LogP contribution in [0.4, 0.5) is 11.6 Å². The summed E-state index contributed by atoms with van der Waals surface area (Å²) in [5, 5.41) is 14.7. The Kier molecular flexibility index (Phi) is 4.87. The lowest BCUT2D eigenvalue weighted by molar-refractivity contribution is 0.0697. The minimum Gasteiger partial charge on any atom is -0.478 e. The number of anilines is 2. The minimum atomic E-state index is -0.952. The normalized spacial score (nSPS) is 11.0. The number of thioether (sulfide) groups is 1. The Bertz CT molecular complexity index is 1100. The number of aromatic nitrogens is 2. The predicted octanol–water partition coefficient (Wildman–Crippen LogP) is 5.31. The van der Waals surface area contributed by atoms with E-state index in [1.54, 1.807) is 35.2 Å². The SMILES string of the molecule is CSc1cccc(Nc2nc3cc(C(=O)O)ccc3n2Cc2cccs2)c1. The molecule has 2 aromatic carbocycles. The first-order valence-electron chi connectivity index (χ1n) is 8.31. The van der Waals surface area contributed by atoms with Gasteiger partial charge in [0.05, 0.1) is 23.1 Å². The molecule has 0 bridgehead atoms. The maximum Gasteiger partial charge on any atom is 0.335 e. The van der Waals surface area contributed by atoms with E-state index in [-0.39, 0.29) is 5.56 Å². The predicted molar refractivity (Wildman–Crippen MR) is 112 cm³/mol. The van der Waals surface area contributed by atoms with Crippen LogP contribution in [0.2, 0.25) is 0 Å². The fourth-order valence-electron chi connectivity index (χ4n) is 2.91. The van der Waals surface area contributed by atoms with Gasteiger partial charge in [-0.2, -0.15) is 0 Å². The summed E-state index contributed by atoms with van der Waals surface area (Å²) in [6.45, 7) is 0.672. The Hall–Kier alpha value is -2.77. The van der Waals surface area contributed by atoms with E-state index in [0.717, 1.165) is 16.1 Å². The molecule has 0 radical (unpaired) electrons. The quantitative estimate of drug-likeness (QED) is 0.433. The third kappa shape index (κ3) is 3.70. The van der Waals surface area contributed by atoms with E-state index in [4.69, 9.17) is 0 Å². The average Bonchev–Trinajstić information content (AvgIpc) is 3.30. The van der Waals surface area contributed by atoms with Crippen molar-refractivity contribution in [1.29, 1.82) is 0 Å². The lowest BCUT2D eigenvalue weighted by Gasteiger charge is -2.11. The number of hydrogen-bond acceptors (Lipinski definition) is 5. The van der Waals surface area contributed by atoms with Crippen molar-refractivity contribution in [2.24, 2.45) is 0 Å². The number of carboxylic acid groups (broad SMARTS) is 1. The van der Waals surface area contributed by atoms with Crippen molar-refractivity contribution in [2.45, 2.75) is 11.4 Å². The molecule has 2 aromatic heterocycles. The molecular weight excluding hydrogens is 378 g/mol. The summed E-state index contributed by atoms with van der Waals surface area (Å²) in [5.41, 5.74) is 2.74. The van der Waals surface area contributed by atoms with Gasteiger partial charge in [0.1, 0.15) is 0 Å². The molecule has 0 aliphatic rings. The van der Waals surface area contributed by atoms with Crippen LogP contribution in [0.1, 0.15) is 15.2 Å². The first kappa shape index (κ1) is 17.6. The summed E-state index contributed by atoms with van der Waals surface area (Å²) in [7, 11) is 0. The summed E-state index contributed by atoms with van der Waals surface area (Å²) < 4.78 is 2.08. The van der Waals surface area contributed by atoms with Crippen LogP contribution in [-0.4, -0.2) is 26.9 Å². The fourth-order valence-corrected chi connectivity index (χ4v) is 4.06. The Morgan fingerprint density at radius 1 is 1.22 bits per heavy atom. The summed E-state index contributed by atoms with van der Waals surface area (Å²) in [6, 6.07) is 17.3. The lowest BCUT2D eigenvalue weighted by atomic mass is 10.2. The van der Waals surface area contributed by atoms with Crippen LogP contribution in [0, 0.1) is 0 Å². The van der Waals surface area contributed by atoms with Gasteiger partial charge >= 0.3 is 5.97 Å². The number of thiophene rings is 1. The molecule has 0 atom stereocenters. The third-order valence-electron chi connectivity index (χ3n) is 4.22. The number of rotatable bonds is 6. The Morgan fingerprint density at radius 3 is 2.85 bits per heavy atom. The molecule has 0 fully saturated rings. The molecule has 0 spiro atoms. The van der Waals surface area contributed by atoms with Gasteiger partial charge in [-0.25, -0.2) is 9.78 Å². The number of nitrogens with zero attached hydrogens (tertiary/aromatic N) is 2. The molecule has 7 heteroatoms. The fraction of sp³-hybridized carbons (Fsp3) is 0.100. The van der Waals surface area contributed by atoms with Gasteiger partial charge in [-0.1, -0.05) is 12.1 Å². The first-order valence-corrected chi connectivity index (χ1v) is 10.4. The van der Waals surface area contributed by atoms with E-state index < -0.39 is 5.97 Å². The molecule has 27 heavy (non-hydrogen) atoms. The second-order valence-corrected chi connectivity index (χ2v) is 7.88. The Morgan fingerprint density at radius 2 is 2.11 bits per heavy atom. The van der Waals surface area contributed by atoms with Gasteiger partial charge < -0.3 is 15.0 Å². The van der Waals surface area contributed by atoms with E-state index in [9.17, 15) is 9.90 Å². The lowest BCUT2D eigenvalue weighted by Crippen LogP contribution is -2.04. The standard InChI is InChI=1S/C20H17N3O2S2/c1-26-15-5-2-4-14(11-15)21-20-22-17-10-13(19(24)25)7-8-18(17)23(20)12-16-6-3-9-27-16/h2-11H,12H2,1H3,(H,21,22)(H,24,25). The average molecular weight is 396 g/mol. The van der Waals surface area contributed by atoms with Gasteiger partial charge in [-0.3, -0.25) is 0 Å². The molecule has 2 heterocycles. The van der Waals surface area contributed by atoms with E-state index in [1.807, 2.05) is 35.9 Å². The monoisotopic (exact) mass is 395 g/mol. The highest BCUT2D eigenvalue weighted by Gasteiger charge is 2.14. The van der Waals surface area contributed by atoms with Crippen molar-refractivity contribution in [3.05, 3.63) is 70.4 Å². The molecule has 2 N–H and O–H groups in total. The number of fused-ring (bicyclic) bond motifs is 1. The number of carbonyl (C=O) groups is 1. The molecule has 0 saturated heterocycles. The second kappa shape index (κ2) is 7.46. The number of aromatic carboxylic acids is 1. The van der Waals surface area contributed by atoms with Crippen LogP contribution in [0.25, 0.3) is 11.0 Å². The molecule has 0 aliphatic heterocycles. The van der Waals surface area contributed by atoms with Crippen molar-refractivity contribution in [3.63, 3.8) is 0 Å². The summed E-state index contributed by atoms with van der Waals surface area (Å²) in [6.07, 6.45) is 2.04. The van der Waals surface area contributed by atoms with Crippen molar-refractivity contribution in [2.75, 3.05) is 11.6 Å². The molecule has 4 rings (SSSR count). The number of benzene rings is 2. The van der Waals surface area contributed by atoms with Gasteiger partial charge in [-0.05, 0) is 54.1 Å². The Labute approximate surface area is 164 Å². The number of imidazole rings is 1. The number of nitrogens with one attached hydrogen (secondary N) is 1. The number of carboxylic acids is 1. The Balaban J connectivity index is 1.79. The van der Waals surface area contributed by atoms with Gasteiger partial charge in [0.2, 0.25) is 5.95 Å². The molecule has 0 saturated carbocycles. The van der Waals surface area contributed by atoms with Gasteiger partial charge in [0.15, 0.2) is 0 Å². The van der Waals surface area contributed by atoms with Gasteiger partial charge in [0, 0.05) is 15.5 Å². The topological polar surface area (TPSA) is 67.2 Å². The second-order valence-electron chi connectivity index (χ2n) is 5.97. The zero-order chi connectivity index (χ0) is 18.8.